The van der Waals surface area contributed by atoms with Gasteiger partial charge in [-0.3, -0.25) is 0 Å². The zero-order chi connectivity index (χ0) is 13.6. The molecule has 1 saturated heterocycles. The summed E-state index contributed by atoms with van der Waals surface area (Å²) in [6.07, 6.45) is 1.24. The number of hydrogen-bond donors (Lipinski definition) is 3. The van der Waals surface area contributed by atoms with Gasteiger partial charge in [-0.1, -0.05) is 6.92 Å². The molecule has 8 nitrogen and oxygen atoms in total. The second-order valence-corrected chi connectivity index (χ2v) is 4.78. The van der Waals surface area contributed by atoms with Crippen molar-refractivity contribution in [1.82, 2.24) is 19.5 Å². The lowest BCUT2D eigenvalue weighted by Gasteiger charge is -2.13. The van der Waals surface area contributed by atoms with E-state index in [-0.39, 0.29) is 30.1 Å². The highest BCUT2D eigenvalue weighted by Gasteiger charge is 2.34. The molecule has 3 rings (SSSR count). The second kappa shape index (κ2) is 4.32. The molecular weight excluding hydrogens is 250 g/mol. The van der Waals surface area contributed by atoms with Crippen molar-refractivity contribution in [3.63, 3.8) is 0 Å². The Labute approximate surface area is 108 Å². The summed E-state index contributed by atoms with van der Waals surface area (Å²) < 4.78 is 7.12. The lowest BCUT2D eigenvalue weighted by molar-refractivity contribution is -0.0290. The van der Waals surface area contributed by atoms with Crippen LogP contribution < -0.4 is 11.4 Å². The Kier molecular flexibility index (Phi) is 2.76. The molecule has 4 N–H and O–H groups in total. The van der Waals surface area contributed by atoms with Gasteiger partial charge >= 0.3 is 5.69 Å². The van der Waals surface area contributed by atoms with Crippen molar-refractivity contribution < 1.29 is 9.84 Å². The number of imidazole rings is 1. The maximum absolute atomic E-state index is 12.0. The van der Waals surface area contributed by atoms with Crippen molar-refractivity contribution >= 4 is 17.0 Å². The molecule has 1 fully saturated rings. The van der Waals surface area contributed by atoms with Crippen LogP contribution in [0.15, 0.2) is 11.1 Å². The third-order valence-corrected chi connectivity index (χ3v) is 3.54. The molecule has 0 saturated carbocycles. The van der Waals surface area contributed by atoms with Crippen molar-refractivity contribution in [2.45, 2.75) is 25.7 Å². The number of nitrogens with two attached hydrogens (primary N) is 1. The summed E-state index contributed by atoms with van der Waals surface area (Å²) in [4.78, 5) is 22.6. The van der Waals surface area contributed by atoms with E-state index in [2.05, 4.69) is 15.0 Å². The highest BCUT2D eigenvalue weighted by atomic mass is 16.5. The molecule has 2 aromatic heterocycles. The van der Waals surface area contributed by atoms with Crippen molar-refractivity contribution in [2.24, 2.45) is 5.92 Å². The lowest BCUT2D eigenvalue weighted by Crippen LogP contribution is -2.23. The van der Waals surface area contributed by atoms with Crippen LogP contribution in [-0.4, -0.2) is 37.3 Å². The highest BCUT2D eigenvalue weighted by molar-refractivity contribution is 5.81. The van der Waals surface area contributed by atoms with Gasteiger partial charge in [-0.05, 0) is 12.3 Å². The normalized spacial score (nSPS) is 27.2. The number of H-pyrrole nitrogens is 1. The number of nitrogen functional groups attached to an aromatic ring is 1. The monoisotopic (exact) mass is 265 g/mol. The number of aromatic nitrogens is 4. The predicted octanol–water partition coefficient (Wildman–Crippen LogP) is -0.382. The SMILES string of the molecule is CC1C[C@H](n2c(=O)[nH]c3c(N)ncnc32)OC1CO. The van der Waals surface area contributed by atoms with Crippen LogP contribution in [0.4, 0.5) is 5.82 Å². The highest BCUT2D eigenvalue weighted by Crippen LogP contribution is 2.33. The van der Waals surface area contributed by atoms with E-state index in [1.807, 2.05) is 6.92 Å². The fourth-order valence-electron chi connectivity index (χ4n) is 2.47. The van der Waals surface area contributed by atoms with Crippen molar-refractivity contribution in [2.75, 3.05) is 12.3 Å². The number of fused-ring (bicyclic) bond motifs is 1. The Hall–Kier alpha value is -1.93. The van der Waals surface area contributed by atoms with Crippen molar-refractivity contribution in [1.29, 1.82) is 0 Å². The Bertz CT molecular complexity index is 664. The number of aromatic amines is 1. The lowest BCUT2D eigenvalue weighted by atomic mass is 10.0. The average Bonchev–Trinajstić information content (AvgIpc) is 2.90. The molecule has 3 heterocycles. The molecule has 0 aromatic carbocycles. The standard InChI is InChI=1S/C11H15N5O3/c1-5-2-7(19-6(5)3-17)16-10-8(15-11(16)18)9(12)13-4-14-10/h4-7,17H,2-3H2,1H3,(H,15,18)(H2,12,13,14)/t5?,6?,7-/m1/s1. The number of aliphatic hydroxyl groups is 1. The van der Waals surface area contributed by atoms with E-state index in [4.69, 9.17) is 10.5 Å². The minimum absolute atomic E-state index is 0.0636. The van der Waals surface area contributed by atoms with Crippen LogP contribution >= 0.6 is 0 Å². The van der Waals surface area contributed by atoms with Crippen LogP contribution in [0, 0.1) is 5.92 Å². The van der Waals surface area contributed by atoms with Crippen LogP contribution in [0.25, 0.3) is 11.2 Å². The predicted molar refractivity (Wildman–Crippen MR) is 67.3 cm³/mol. The zero-order valence-corrected chi connectivity index (χ0v) is 10.4. The maximum atomic E-state index is 12.0. The number of nitrogens with one attached hydrogen (secondary N) is 1. The third kappa shape index (κ3) is 1.80. The van der Waals surface area contributed by atoms with Crippen molar-refractivity contribution in [3.8, 4) is 0 Å². The molecular formula is C11H15N5O3. The number of ether oxygens (including phenoxy) is 1. The molecule has 0 amide bonds. The van der Waals surface area contributed by atoms with Gasteiger partial charge in [-0.15, -0.1) is 0 Å². The molecule has 0 spiro atoms. The van der Waals surface area contributed by atoms with E-state index in [1.165, 1.54) is 10.9 Å². The summed E-state index contributed by atoms with van der Waals surface area (Å²) in [7, 11) is 0. The van der Waals surface area contributed by atoms with E-state index in [9.17, 15) is 9.90 Å². The summed E-state index contributed by atoms with van der Waals surface area (Å²) in [5.41, 5.74) is 6.20. The average molecular weight is 265 g/mol. The number of anilines is 1. The first-order chi connectivity index (χ1) is 9.11. The Morgan fingerprint density at radius 1 is 1.63 bits per heavy atom. The van der Waals surface area contributed by atoms with Gasteiger partial charge in [0.2, 0.25) is 0 Å². The Morgan fingerprint density at radius 2 is 2.42 bits per heavy atom. The van der Waals surface area contributed by atoms with Crippen LogP contribution in [0.2, 0.25) is 0 Å². The largest absolute Gasteiger partial charge is 0.394 e. The zero-order valence-electron chi connectivity index (χ0n) is 10.4. The maximum Gasteiger partial charge on any atom is 0.329 e. The number of nitrogens with zero attached hydrogens (tertiary/aromatic N) is 3. The van der Waals surface area contributed by atoms with Gasteiger partial charge in [0.15, 0.2) is 11.5 Å². The Balaban J connectivity index is 2.09. The van der Waals surface area contributed by atoms with E-state index in [0.717, 1.165) is 0 Å². The third-order valence-electron chi connectivity index (χ3n) is 3.54. The van der Waals surface area contributed by atoms with E-state index in [1.54, 1.807) is 0 Å². The second-order valence-electron chi connectivity index (χ2n) is 4.78. The van der Waals surface area contributed by atoms with Crippen LogP contribution in [0.3, 0.4) is 0 Å². The first-order valence-corrected chi connectivity index (χ1v) is 6.08. The summed E-state index contributed by atoms with van der Waals surface area (Å²) in [5, 5.41) is 9.21. The molecule has 2 aromatic rings. The van der Waals surface area contributed by atoms with Gasteiger partial charge in [-0.25, -0.2) is 19.3 Å². The number of rotatable bonds is 2. The van der Waals surface area contributed by atoms with Gasteiger partial charge in [0.25, 0.3) is 0 Å². The molecule has 19 heavy (non-hydrogen) atoms. The number of aliphatic hydroxyl groups excluding tert-OH is 1. The van der Waals surface area contributed by atoms with Crippen LogP contribution in [0.1, 0.15) is 19.6 Å². The molecule has 1 aliphatic rings. The van der Waals surface area contributed by atoms with Gasteiger partial charge in [-0.2, -0.15) is 0 Å². The number of hydrogen-bond acceptors (Lipinski definition) is 6. The van der Waals surface area contributed by atoms with Gasteiger partial charge in [0, 0.05) is 0 Å². The summed E-state index contributed by atoms with van der Waals surface area (Å²) in [6, 6.07) is 0. The van der Waals surface area contributed by atoms with Crippen molar-refractivity contribution in [3.05, 3.63) is 16.8 Å². The fraction of sp³-hybridized carbons (Fsp3) is 0.545. The topological polar surface area (TPSA) is 119 Å². The summed E-state index contributed by atoms with van der Waals surface area (Å²) in [6.45, 7) is 1.91. The molecule has 1 aliphatic heterocycles. The summed E-state index contributed by atoms with van der Waals surface area (Å²) >= 11 is 0. The first kappa shape index (κ1) is 12.1. The van der Waals surface area contributed by atoms with Gasteiger partial charge in [0.1, 0.15) is 18.1 Å². The molecule has 0 bridgehead atoms. The molecule has 0 radical (unpaired) electrons. The minimum atomic E-state index is -0.442. The van der Waals surface area contributed by atoms with Gasteiger partial charge in [0.05, 0.1) is 12.7 Å². The first-order valence-electron chi connectivity index (χ1n) is 6.08. The fourth-order valence-corrected chi connectivity index (χ4v) is 2.47. The minimum Gasteiger partial charge on any atom is -0.394 e. The van der Waals surface area contributed by atoms with E-state index < -0.39 is 6.23 Å². The smallest absolute Gasteiger partial charge is 0.329 e. The molecule has 3 atom stereocenters. The Morgan fingerprint density at radius 3 is 3.11 bits per heavy atom. The van der Waals surface area contributed by atoms with E-state index >= 15 is 0 Å². The molecule has 0 aliphatic carbocycles. The van der Waals surface area contributed by atoms with E-state index in [0.29, 0.717) is 17.6 Å². The van der Waals surface area contributed by atoms with Crippen LogP contribution in [0.5, 0.6) is 0 Å². The quantitative estimate of drug-likeness (QED) is 0.680. The summed E-state index contributed by atoms with van der Waals surface area (Å²) in [5.74, 6) is 0.400. The molecule has 102 valence electrons. The van der Waals surface area contributed by atoms with Crippen LogP contribution in [-0.2, 0) is 4.74 Å². The van der Waals surface area contributed by atoms with Gasteiger partial charge < -0.3 is 20.6 Å². The molecule has 8 heteroatoms. The molecule has 2 unspecified atom stereocenters.